The largest absolute Gasteiger partial charge is 0.480 e. The van der Waals surface area contributed by atoms with E-state index in [1.807, 2.05) is 13.8 Å². The molecule has 19 heavy (non-hydrogen) atoms. The number of nitrogens with zero attached hydrogens (tertiary/aromatic N) is 2. The van der Waals surface area contributed by atoms with Crippen LogP contribution in [0.15, 0.2) is 0 Å². The van der Waals surface area contributed by atoms with E-state index in [4.69, 9.17) is 10.8 Å². The number of carbonyl (C=O) groups excluding carboxylic acids is 2. The fourth-order valence-electron chi connectivity index (χ4n) is 2.29. The molecule has 3 N–H and O–H groups in total. The molecule has 1 unspecified atom stereocenters. The molecular weight excluding hydrogens is 250 g/mol. The molecule has 0 bridgehead atoms. The molecule has 0 aromatic carbocycles. The zero-order chi connectivity index (χ0) is 14.6. The summed E-state index contributed by atoms with van der Waals surface area (Å²) in [6, 6.07) is -1.03. The first-order valence-electron chi connectivity index (χ1n) is 6.39. The van der Waals surface area contributed by atoms with Gasteiger partial charge in [-0.3, -0.25) is 9.59 Å². The maximum Gasteiger partial charge on any atom is 0.323 e. The fourth-order valence-corrected chi connectivity index (χ4v) is 2.29. The second kappa shape index (κ2) is 6.40. The van der Waals surface area contributed by atoms with Gasteiger partial charge in [0.2, 0.25) is 5.91 Å². The lowest BCUT2D eigenvalue weighted by Gasteiger charge is -2.30. The van der Waals surface area contributed by atoms with Crippen LogP contribution in [0.2, 0.25) is 0 Å². The Hall–Kier alpha value is -1.79. The molecular formula is C12H21N3O4. The molecule has 108 valence electrons. The summed E-state index contributed by atoms with van der Waals surface area (Å²) in [6.45, 7) is 4.22. The quantitative estimate of drug-likeness (QED) is 0.739. The molecule has 1 aliphatic heterocycles. The standard InChI is InChI=1S/C12H21N3O4/c1-8(2)6-14(7-10(16)17)12(19)15-5-3-4-9(15)11(13)18/h8-9H,3-7H2,1-2H3,(H2,13,18)(H,16,17). The van der Waals surface area contributed by atoms with Crippen molar-refractivity contribution in [2.24, 2.45) is 11.7 Å². The molecule has 0 radical (unpaired) electrons. The first kappa shape index (κ1) is 15.3. The van der Waals surface area contributed by atoms with Crippen LogP contribution in [0.4, 0.5) is 4.79 Å². The predicted molar refractivity (Wildman–Crippen MR) is 68.4 cm³/mol. The molecule has 3 amide bonds. The molecule has 0 saturated carbocycles. The van der Waals surface area contributed by atoms with Crippen LogP contribution in [0.3, 0.4) is 0 Å². The van der Waals surface area contributed by atoms with Crippen LogP contribution in [0.25, 0.3) is 0 Å². The van der Waals surface area contributed by atoms with E-state index in [1.165, 1.54) is 9.80 Å². The lowest BCUT2D eigenvalue weighted by atomic mass is 10.2. The summed E-state index contributed by atoms with van der Waals surface area (Å²) >= 11 is 0. The van der Waals surface area contributed by atoms with E-state index in [-0.39, 0.29) is 12.5 Å². The molecule has 1 saturated heterocycles. The summed E-state index contributed by atoms with van der Waals surface area (Å²) in [4.78, 5) is 37.1. The summed E-state index contributed by atoms with van der Waals surface area (Å²) in [5.74, 6) is -1.45. The van der Waals surface area contributed by atoms with Crippen molar-refractivity contribution >= 4 is 17.9 Å². The summed E-state index contributed by atoms with van der Waals surface area (Å²) in [7, 11) is 0. The van der Waals surface area contributed by atoms with Crippen molar-refractivity contribution in [2.75, 3.05) is 19.6 Å². The van der Waals surface area contributed by atoms with Crippen LogP contribution in [0.5, 0.6) is 0 Å². The number of carboxylic acid groups (broad SMARTS) is 1. The highest BCUT2D eigenvalue weighted by Gasteiger charge is 2.35. The number of primary amides is 1. The second-order valence-electron chi connectivity index (χ2n) is 5.20. The van der Waals surface area contributed by atoms with Crippen LogP contribution >= 0.6 is 0 Å². The van der Waals surface area contributed by atoms with Gasteiger partial charge in [0.05, 0.1) is 0 Å². The van der Waals surface area contributed by atoms with Crippen LogP contribution < -0.4 is 5.73 Å². The molecule has 1 fully saturated rings. The van der Waals surface area contributed by atoms with Crippen molar-refractivity contribution in [3.05, 3.63) is 0 Å². The van der Waals surface area contributed by atoms with Crippen molar-refractivity contribution in [2.45, 2.75) is 32.7 Å². The van der Waals surface area contributed by atoms with E-state index in [0.29, 0.717) is 25.9 Å². The number of likely N-dealkylation sites (tertiary alicyclic amines) is 1. The Morgan fingerprint density at radius 2 is 2.05 bits per heavy atom. The number of amides is 3. The maximum absolute atomic E-state index is 12.3. The normalized spacial score (nSPS) is 18.7. The van der Waals surface area contributed by atoms with Gasteiger partial charge in [-0.1, -0.05) is 13.8 Å². The van der Waals surface area contributed by atoms with E-state index in [9.17, 15) is 14.4 Å². The number of carbonyl (C=O) groups is 3. The van der Waals surface area contributed by atoms with Gasteiger partial charge < -0.3 is 20.6 Å². The van der Waals surface area contributed by atoms with Gasteiger partial charge in [0.1, 0.15) is 12.6 Å². The third kappa shape index (κ3) is 4.11. The van der Waals surface area contributed by atoms with Gasteiger partial charge in [-0.25, -0.2) is 4.79 Å². The van der Waals surface area contributed by atoms with Crippen LogP contribution in [0, 0.1) is 5.92 Å². The number of nitrogens with two attached hydrogens (primary N) is 1. The Labute approximate surface area is 112 Å². The Balaban J connectivity index is 2.79. The van der Waals surface area contributed by atoms with Gasteiger partial charge in [0.25, 0.3) is 0 Å². The van der Waals surface area contributed by atoms with Crippen molar-refractivity contribution in [3.8, 4) is 0 Å². The maximum atomic E-state index is 12.3. The monoisotopic (exact) mass is 271 g/mol. The smallest absolute Gasteiger partial charge is 0.323 e. The molecule has 7 nitrogen and oxygen atoms in total. The summed E-state index contributed by atoms with van der Waals surface area (Å²) in [5, 5.41) is 8.86. The Morgan fingerprint density at radius 3 is 2.53 bits per heavy atom. The van der Waals surface area contributed by atoms with Gasteiger partial charge in [0.15, 0.2) is 0 Å². The van der Waals surface area contributed by atoms with Crippen LogP contribution in [0.1, 0.15) is 26.7 Å². The number of aliphatic carboxylic acids is 1. The molecule has 0 aliphatic carbocycles. The van der Waals surface area contributed by atoms with Crippen molar-refractivity contribution in [3.63, 3.8) is 0 Å². The van der Waals surface area contributed by atoms with E-state index in [1.54, 1.807) is 0 Å². The van der Waals surface area contributed by atoms with Crippen molar-refractivity contribution in [1.82, 2.24) is 9.80 Å². The minimum absolute atomic E-state index is 0.151. The highest BCUT2D eigenvalue weighted by atomic mass is 16.4. The number of hydrogen-bond donors (Lipinski definition) is 2. The van der Waals surface area contributed by atoms with Gasteiger partial charge in [-0.15, -0.1) is 0 Å². The average Bonchev–Trinajstić information content (AvgIpc) is 2.74. The first-order valence-corrected chi connectivity index (χ1v) is 6.39. The van der Waals surface area contributed by atoms with Crippen molar-refractivity contribution < 1.29 is 19.5 Å². The number of carboxylic acids is 1. The van der Waals surface area contributed by atoms with E-state index < -0.39 is 23.9 Å². The van der Waals surface area contributed by atoms with Crippen LogP contribution in [-0.4, -0.2) is 58.5 Å². The number of hydrogen-bond acceptors (Lipinski definition) is 3. The molecule has 1 rings (SSSR count). The lowest BCUT2D eigenvalue weighted by molar-refractivity contribution is -0.137. The molecule has 0 spiro atoms. The molecule has 7 heteroatoms. The topological polar surface area (TPSA) is 104 Å². The SMILES string of the molecule is CC(C)CN(CC(=O)O)C(=O)N1CCCC1C(N)=O. The lowest BCUT2D eigenvalue weighted by Crippen LogP contribution is -2.51. The predicted octanol–water partition coefficient (Wildman–Crippen LogP) is 0.0987. The van der Waals surface area contributed by atoms with E-state index >= 15 is 0 Å². The summed E-state index contributed by atoms with van der Waals surface area (Å²) in [5.41, 5.74) is 5.26. The molecule has 0 aromatic rings. The Bertz CT molecular complexity index is 370. The van der Waals surface area contributed by atoms with Gasteiger partial charge in [-0.2, -0.15) is 0 Å². The minimum Gasteiger partial charge on any atom is -0.480 e. The summed E-state index contributed by atoms with van der Waals surface area (Å²) < 4.78 is 0. The molecule has 1 atom stereocenters. The number of urea groups is 1. The van der Waals surface area contributed by atoms with Crippen LogP contribution in [-0.2, 0) is 9.59 Å². The zero-order valence-corrected chi connectivity index (χ0v) is 11.3. The van der Waals surface area contributed by atoms with Gasteiger partial charge in [-0.05, 0) is 18.8 Å². The third-order valence-electron chi connectivity index (χ3n) is 3.01. The average molecular weight is 271 g/mol. The van der Waals surface area contributed by atoms with Crippen molar-refractivity contribution in [1.29, 1.82) is 0 Å². The minimum atomic E-state index is -1.07. The Kier molecular flexibility index (Phi) is 5.14. The summed E-state index contributed by atoms with van der Waals surface area (Å²) in [6.07, 6.45) is 1.26. The second-order valence-corrected chi connectivity index (χ2v) is 5.20. The number of rotatable bonds is 5. The van der Waals surface area contributed by atoms with Gasteiger partial charge >= 0.3 is 12.0 Å². The highest BCUT2D eigenvalue weighted by Crippen LogP contribution is 2.19. The zero-order valence-electron chi connectivity index (χ0n) is 11.3. The van der Waals surface area contributed by atoms with E-state index in [0.717, 1.165) is 0 Å². The van der Waals surface area contributed by atoms with Gasteiger partial charge in [0, 0.05) is 13.1 Å². The molecule has 0 aromatic heterocycles. The molecule has 1 heterocycles. The molecule has 1 aliphatic rings. The van der Waals surface area contributed by atoms with E-state index in [2.05, 4.69) is 0 Å². The fraction of sp³-hybridized carbons (Fsp3) is 0.750. The first-order chi connectivity index (χ1) is 8.82. The Morgan fingerprint density at radius 1 is 1.42 bits per heavy atom. The highest BCUT2D eigenvalue weighted by molar-refractivity contribution is 5.87. The third-order valence-corrected chi connectivity index (χ3v) is 3.01.